The lowest BCUT2D eigenvalue weighted by atomic mass is 9.67. The van der Waals surface area contributed by atoms with Gasteiger partial charge in [-0.15, -0.1) is 0 Å². The molecule has 2 unspecified atom stereocenters. The number of fused-ring (bicyclic) bond motifs is 3. The summed E-state index contributed by atoms with van der Waals surface area (Å²) in [7, 11) is 0. The molecule has 0 bridgehead atoms. The Balaban J connectivity index is 1.94. The molecule has 0 radical (unpaired) electrons. The molecule has 3 aliphatic rings. The maximum absolute atomic E-state index is 13.7. The monoisotopic (exact) mass is 377 g/mol. The van der Waals surface area contributed by atoms with Gasteiger partial charge in [0.15, 0.2) is 0 Å². The van der Waals surface area contributed by atoms with Gasteiger partial charge >= 0.3 is 6.18 Å². The summed E-state index contributed by atoms with van der Waals surface area (Å²) in [4.78, 5) is 0. The molecule has 0 fully saturated rings. The second kappa shape index (κ2) is 4.94. The van der Waals surface area contributed by atoms with Crippen LogP contribution in [0.15, 0.2) is 42.2 Å². The Morgan fingerprint density at radius 1 is 1.31 bits per heavy atom. The maximum atomic E-state index is 13.7. The van der Waals surface area contributed by atoms with Crippen molar-refractivity contribution in [2.75, 3.05) is 6.54 Å². The van der Waals surface area contributed by atoms with E-state index in [1.54, 1.807) is 23.0 Å². The fourth-order valence-corrected chi connectivity index (χ4v) is 4.73. The molecule has 2 aliphatic heterocycles. The Bertz CT molecular complexity index is 1000. The van der Waals surface area contributed by atoms with Gasteiger partial charge in [-0.1, -0.05) is 29.8 Å². The number of hydrogen-bond donors (Lipinski definition) is 1. The number of alkyl halides is 3. The van der Waals surface area contributed by atoms with Gasteiger partial charge in [-0.3, -0.25) is 0 Å². The zero-order valence-electron chi connectivity index (χ0n) is 13.9. The number of rotatable bonds is 0. The lowest BCUT2D eigenvalue weighted by Gasteiger charge is -2.42. The molecule has 2 aromatic rings. The number of hydrogen-bond acceptors (Lipinski definition) is 2. The Labute approximate surface area is 153 Å². The number of benzene rings is 1. The summed E-state index contributed by atoms with van der Waals surface area (Å²) in [5, 5.41) is 7.99. The first kappa shape index (κ1) is 16.0. The highest BCUT2D eigenvalue weighted by Gasteiger charge is 2.51. The van der Waals surface area contributed by atoms with Crippen LogP contribution < -0.4 is 5.32 Å². The van der Waals surface area contributed by atoms with E-state index in [2.05, 4.69) is 10.4 Å². The highest BCUT2D eigenvalue weighted by atomic mass is 35.5. The van der Waals surface area contributed by atoms with Crippen LogP contribution in [0.3, 0.4) is 0 Å². The molecule has 1 aromatic heterocycles. The van der Waals surface area contributed by atoms with E-state index >= 15 is 0 Å². The Hall–Kier alpha value is -2.21. The molecule has 0 saturated carbocycles. The first-order valence-electron chi connectivity index (χ1n) is 8.43. The van der Waals surface area contributed by atoms with Crippen LogP contribution in [0.2, 0.25) is 5.02 Å². The second-order valence-electron chi connectivity index (χ2n) is 7.10. The third kappa shape index (κ3) is 1.88. The van der Waals surface area contributed by atoms with Gasteiger partial charge in [-0.25, -0.2) is 4.68 Å². The van der Waals surface area contributed by atoms with Gasteiger partial charge in [0, 0.05) is 24.0 Å². The summed E-state index contributed by atoms with van der Waals surface area (Å²) in [6.45, 7) is 2.39. The van der Waals surface area contributed by atoms with Crippen molar-refractivity contribution < 1.29 is 13.2 Å². The molecule has 3 nitrogen and oxygen atoms in total. The van der Waals surface area contributed by atoms with Gasteiger partial charge < -0.3 is 5.32 Å². The third-order valence-electron chi connectivity index (χ3n) is 5.64. The predicted octanol–water partition coefficient (Wildman–Crippen LogP) is 4.40. The van der Waals surface area contributed by atoms with E-state index in [-0.39, 0.29) is 5.70 Å². The molecule has 1 aliphatic carbocycles. The molecule has 26 heavy (non-hydrogen) atoms. The molecule has 0 saturated heterocycles. The number of aromatic nitrogens is 2. The summed E-state index contributed by atoms with van der Waals surface area (Å²) in [5.74, 6) is -1.64. The lowest BCUT2D eigenvalue weighted by Crippen LogP contribution is -2.40. The summed E-state index contributed by atoms with van der Waals surface area (Å²) in [5.41, 5.74) is 3.47. The van der Waals surface area contributed by atoms with Gasteiger partial charge in [0.05, 0.1) is 21.8 Å². The van der Waals surface area contributed by atoms with E-state index in [1.165, 1.54) is 6.08 Å². The first-order valence-corrected chi connectivity index (χ1v) is 8.81. The minimum atomic E-state index is -4.35. The van der Waals surface area contributed by atoms with Crippen LogP contribution in [-0.4, -0.2) is 22.5 Å². The SMILES string of the molecule is CC12C=CC(C(F)(F)F)C3=C1c1c(ccc(Cl)c1-n1nccc12)CCN3. The summed E-state index contributed by atoms with van der Waals surface area (Å²) in [6, 6.07) is 5.56. The third-order valence-corrected chi connectivity index (χ3v) is 5.94. The van der Waals surface area contributed by atoms with Gasteiger partial charge in [-0.2, -0.15) is 18.3 Å². The molecule has 1 aromatic carbocycles. The average molecular weight is 378 g/mol. The molecule has 7 heteroatoms. The number of allylic oxidation sites excluding steroid dienone is 3. The number of nitrogens with one attached hydrogen (secondary N) is 1. The van der Waals surface area contributed by atoms with Crippen LogP contribution in [0.4, 0.5) is 13.2 Å². The fraction of sp³-hybridized carbons (Fsp3) is 0.316. The van der Waals surface area contributed by atoms with Gasteiger partial charge in [-0.05, 0) is 36.6 Å². The molecule has 5 rings (SSSR count). The second-order valence-corrected chi connectivity index (χ2v) is 7.51. The number of nitrogens with zero attached hydrogens (tertiary/aromatic N) is 2. The first-order chi connectivity index (χ1) is 12.3. The smallest absolute Gasteiger partial charge is 0.387 e. The summed E-state index contributed by atoms with van der Waals surface area (Å²) < 4.78 is 43.0. The fourth-order valence-electron chi connectivity index (χ4n) is 4.49. The van der Waals surface area contributed by atoms with Crippen molar-refractivity contribution in [3.8, 4) is 5.69 Å². The van der Waals surface area contributed by atoms with Crippen molar-refractivity contribution in [1.82, 2.24) is 15.1 Å². The molecule has 2 atom stereocenters. The van der Waals surface area contributed by atoms with Gasteiger partial charge in [0.2, 0.25) is 0 Å². The molecule has 3 heterocycles. The molecule has 1 N–H and O–H groups in total. The molecule has 134 valence electrons. The van der Waals surface area contributed by atoms with Crippen LogP contribution >= 0.6 is 11.6 Å². The minimum Gasteiger partial charge on any atom is -0.387 e. The summed E-state index contributed by atoms with van der Waals surface area (Å²) in [6.07, 6.45) is 0.874. The van der Waals surface area contributed by atoms with Crippen molar-refractivity contribution in [2.45, 2.75) is 24.9 Å². The van der Waals surface area contributed by atoms with Crippen molar-refractivity contribution in [1.29, 1.82) is 0 Å². The zero-order chi connectivity index (χ0) is 18.3. The highest BCUT2D eigenvalue weighted by Crippen LogP contribution is 2.55. The standard InChI is InChI=1S/C19H15ClF3N3/c1-18-7-4-11(19(21,22)23)16-15(18)14-10(5-8-24-16)2-3-12(20)17(14)26-13(18)6-9-25-26/h2-4,6-7,9,11,24H,5,8H2,1H3. The van der Waals surface area contributed by atoms with Gasteiger partial charge in [0.1, 0.15) is 5.92 Å². The average Bonchev–Trinajstić information content (AvgIpc) is 2.97. The van der Waals surface area contributed by atoms with Crippen LogP contribution in [0, 0.1) is 5.92 Å². The van der Waals surface area contributed by atoms with Crippen molar-refractivity contribution in [3.63, 3.8) is 0 Å². The zero-order valence-corrected chi connectivity index (χ0v) is 14.6. The van der Waals surface area contributed by atoms with Crippen LogP contribution in [0.25, 0.3) is 11.3 Å². The van der Waals surface area contributed by atoms with Crippen LogP contribution in [0.1, 0.15) is 23.7 Å². The van der Waals surface area contributed by atoms with E-state index in [0.29, 0.717) is 29.2 Å². The number of halogens is 4. The normalized spacial score (nSPS) is 26.1. The van der Waals surface area contributed by atoms with E-state index in [0.717, 1.165) is 16.8 Å². The van der Waals surface area contributed by atoms with Crippen LogP contribution in [-0.2, 0) is 11.8 Å². The summed E-state index contributed by atoms with van der Waals surface area (Å²) >= 11 is 6.48. The van der Waals surface area contributed by atoms with Gasteiger partial charge in [0.25, 0.3) is 0 Å². The van der Waals surface area contributed by atoms with E-state index in [1.807, 2.05) is 19.1 Å². The topological polar surface area (TPSA) is 29.9 Å². The van der Waals surface area contributed by atoms with Crippen molar-refractivity contribution in [2.24, 2.45) is 5.92 Å². The Morgan fingerprint density at radius 3 is 2.88 bits per heavy atom. The lowest BCUT2D eigenvalue weighted by molar-refractivity contribution is -0.153. The molecule has 0 amide bonds. The largest absolute Gasteiger partial charge is 0.400 e. The molecule has 0 spiro atoms. The predicted molar refractivity (Wildman–Crippen MR) is 93.2 cm³/mol. The van der Waals surface area contributed by atoms with Crippen LogP contribution in [0.5, 0.6) is 0 Å². The Morgan fingerprint density at radius 2 is 2.12 bits per heavy atom. The minimum absolute atomic E-state index is 0.234. The molecular weight excluding hydrogens is 363 g/mol. The van der Waals surface area contributed by atoms with E-state index in [9.17, 15) is 13.2 Å². The maximum Gasteiger partial charge on any atom is 0.400 e. The Kier molecular flexibility index (Phi) is 3.04. The van der Waals surface area contributed by atoms with Crippen molar-refractivity contribution >= 4 is 17.2 Å². The molecular formula is C19H15ClF3N3. The highest BCUT2D eigenvalue weighted by molar-refractivity contribution is 6.33. The quantitative estimate of drug-likeness (QED) is 0.689. The van der Waals surface area contributed by atoms with E-state index < -0.39 is 17.5 Å². The van der Waals surface area contributed by atoms with E-state index in [4.69, 9.17) is 11.6 Å². The van der Waals surface area contributed by atoms with Crippen molar-refractivity contribution in [3.05, 3.63) is 64.1 Å².